The molecular weight excluding hydrogens is 371 g/mol. The standard InChI is InChI=1S/C19H15FN2O6/c20-14-4-2-1-3-13(14)16-15(18(25)19(26)21(16)9-10-23)17(24)11-5-7-12(8-6-11)22(27)28/h1-8,16,23-24H,9-10H2/t16-/m1/s1. The first-order valence-electron chi connectivity index (χ1n) is 8.25. The molecule has 2 N–H and O–H groups in total. The number of carbonyl (C=O) groups excluding carboxylic acids is 2. The predicted octanol–water partition coefficient (Wildman–Crippen LogP) is 2.15. The van der Waals surface area contributed by atoms with Crippen LogP contribution in [-0.2, 0) is 9.59 Å². The highest BCUT2D eigenvalue weighted by Crippen LogP contribution is 2.40. The smallest absolute Gasteiger partial charge is 0.295 e. The Kier molecular flexibility index (Phi) is 5.18. The number of ketones is 1. The van der Waals surface area contributed by atoms with Crippen molar-refractivity contribution in [2.75, 3.05) is 13.2 Å². The fourth-order valence-electron chi connectivity index (χ4n) is 3.14. The molecule has 0 aliphatic carbocycles. The Morgan fingerprint density at radius 2 is 1.79 bits per heavy atom. The topological polar surface area (TPSA) is 121 Å². The van der Waals surface area contributed by atoms with Crippen molar-refractivity contribution in [3.63, 3.8) is 0 Å². The van der Waals surface area contributed by atoms with Crippen molar-refractivity contribution < 1.29 is 29.1 Å². The van der Waals surface area contributed by atoms with E-state index in [1.165, 1.54) is 30.3 Å². The van der Waals surface area contributed by atoms with Crippen molar-refractivity contribution in [1.29, 1.82) is 0 Å². The van der Waals surface area contributed by atoms with Crippen LogP contribution in [-0.4, -0.2) is 44.9 Å². The number of hydrogen-bond donors (Lipinski definition) is 2. The Bertz CT molecular complexity index is 986. The summed E-state index contributed by atoms with van der Waals surface area (Å²) in [6, 6.07) is 8.98. The van der Waals surface area contributed by atoms with Crippen LogP contribution in [0.1, 0.15) is 17.2 Å². The number of nitrogens with zero attached hydrogens (tertiary/aromatic N) is 2. The first-order chi connectivity index (χ1) is 13.4. The molecule has 2 aromatic carbocycles. The first kappa shape index (κ1) is 19.2. The summed E-state index contributed by atoms with van der Waals surface area (Å²) in [6.45, 7) is -0.698. The van der Waals surface area contributed by atoms with Crippen molar-refractivity contribution >= 4 is 23.1 Å². The van der Waals surface area contributed by atoms with Gasteiger partial charge in [-0.1, -0.05) is 18.2 Å². The van der Waals surface area contributed by atoms with Crippen LogP contribution in [0.25, 0.3) is 5.76 Å². The molecule has 0 bridgehead atoms. The second kappa shape index (κ2) is 7.57. The van der Waals surface area contributed by atoms with Crippen LogP contribution in [0.4, 0.5) is 10.1 Å². The van der Waals surface area contributed by atoms with E-state index in [9.17, 15) is 34.3 Å². The van der Waals surface area contributed by atoms with Crippen LogP contribution in [0.2, 0.25) is 0 Å². The number of non-ortho nitro benzene ring substituents is 1. The lowest BCUT2D eigenvalue weighted by Gasteiger charge is -2.24. The summed E-state index contributed by atoms with van der Waals surface area (Å²) >= 11 is 0. The minimum atomic E-state index is -1.23. The van der Waals surface area contributed by atoms with Crippen molar-refractivity contribution in [3.8, 4) is 0 Å². The van der Waals surface area contributed by atoms with Gasteiger partial charge >= 0.3 is 0 Å². The number of nitro groups is 1. The van der Waals surface area contributed by atoms with Crippen LogP contribution in [0, 0.1) is 15.9 Å². The molecule has 0 radical (unpaired) electrons. The molecule has 1 fully saturated rings. The van der Waals surface area contributed by atoms with Crippen molar-refractivity contribution in [1.82, 2.24) is 4.90 Å². The number of likely N-dealkylation sites (tertiary alicyclic amines) is 1. The third kappa shape index (κ3) is 3.23. The zero-order chi connectivity index (χ0) is 20.4. The number of hydrogen-bond acceptors (Lipinski definition) is 6. The van der Waals surface area contributed by atoms with Crippen molar-refractivity contribution in [2.45, 2.75) is 6.04 Å². The number of aliphatic hydroxyl groups excluding tert-OH is 2. The molecule has 8 nitrogen and oxygen atoms in total. The average molecular weight is 386 g/mol. The minimum absolute atomic E-state index is 0.0152. The molecule has 0 aromatic heterocycles. The van der Waals surface area contributed by atoms with E-state index in [0.29, 0.717) is 0 Å². The highest BCUT2D eigenvalue weighted by atomic mass is 19.1. The second-order valence-electron chi connectivity index (χ2n) is 6.04. The third-order valence-electron chi connectivity index (χ3n) is 4.43. The maximum Gasteiger partial charge on any atom is 0.295 e. The fraction of sp³-hybridized carbons (Fsp3) is 0.158. The predicted molar refractivity (Wildman–Crippen MR) is 95.6 cm³/mol. The molecule has 1 heterocycles. The number of aliphatic hydroxyl groups is 2. The molecule has 144 valence electrons. The quantitative estimate of drug-likeness (QED) is 0.267. The molecular formula is C19H15FN2O6. The fourth-order valence-corrected chi connectivity index (χ4v) is 3.14. The molecule has 1 saturated heterocycles. The molecule has 0 spiro atoms. The van der Waals surface area contributed by atoms with Gasteiger partial charge in [-0.3, -0.25) is 19.7 Å². The normalized spacial score (nSPS) is 18.5. The number of carbonyl (C=O) groups is 2. The Labute approximate surface area is 158 Å². The van der Waals surface area contributed by atoms with E-state index in [2.05, 4.69) is 0 Å². The van der Waals surface area contributed by atoms with E-state index in [4.69, 9.17) is 0 Å². The Morgan fingerprint density at radius 1 is 1.14 bits per heavy atom. The summed E-state index contributed by atoms with van der Waals surface area (Å²) < 4.78 is 14.4. The van der Waals surface area contributed by atoms with Gasteiger partial charge in [0.25, 0.3) is 17.4 Å². The van der Waals surface area contributed by atoms with E-state index in [-0.39, 0.29) is 28.9 Å². The molecule has 28 heavy (non-hydrogen) atoms. The number of rotatable bonds is 5. The molecule has 1 aliphatic rings. The summed E-state index contributed by atoms with van der Waals surface area (Å²) in [6.07, 6.45) is 0. The van der Waals surface area contributed by atoms with E-state index in [0.717, 1.165) is 23.1 Å². The molecule has 1 atom stereocenters. The van der Waals surface area contributed by atoms with Gasteiger partial charge in [0.05, 0.1) is 23.1 Å². The maximum atomic E-state index is 14.4. The lowest BCUT2D eigenvalue weighted by molar-refractivity contribution is -0.384. The van der Waals surface area contributed by atoms with Gasteiger partial charge in [-0.15, -0.1) is 0 Å². The molecule has 9 heteroatoms. The lowest BCUT2D eigenvalue weighted by Crippen LogP contribution is -2.32. The van der Waals surface area contributed by atoms with Crippen LogP contribution < -0.4 is 0 Å². The van der Waals surface area contributed by atoms with Gasteiger partial charge in [0.1, 0.15) is 11.6 Å². The molecule has 1 aliphatic heterocycles. The number of benzene rings is 2. The van der Waals surface area contributed by atoms with Gasteiger partial charge in [0.2, 0.25) is 0 Å². The Balaban J connectivity index is 2.18. The van der Waals surface area contributed by atoms with Gasteiger partial charge in [-0.2, -0.15) is 0 Å². The molecule has 1 amide bonds. The zero-order valence-corrected chi connectivity index (χ0v) is 14.4. The van der Waals surface area contributed by atoms with Crippen LogP contribution >= 0.6 is 0 Å². The van der Waals surface area contributed by atoms with Gasteiger partial charge in [0, 0.05) is 29.8 Å². The Hall–Kier alpha value is -3.59. The maximum absolute atomic E-state index is 14.4. The van der Waals surface area contributed by atoms with E-state index < -0.39 is 40.8 Å². The third-order valence-corrected chi connectivity index (χ3v) is 4.43. The van der Waals surface area contributed by atoms with Gasteiger partial charge in [-0.25, -0.2) is 4.39 Å². The zero-order valence-electron chi connectivity index (χ0n) is 14.4. The van der Waals surface area contributed by atoms with E-state index in [1.807, 2.05) is 0 Å². The highest BCUT2D eigenvalue weighted by molar-refractivity contribution is 6.46. The first-order valence-corrected chi connectivity index (χ1v) is 8.25. The van der Waals surface area contributed by atoms with Crippen molar-refractivity contribution in [3.05, 3.63) is 81.2 Å². The monoisotopic (exact) mass is 386 g/mol. The summed E-state index contributed by atoms with van der Waals surface area (Å²) in [5.41, 5.74) is -0.520. The van der Waals surface area contributed by atoms with Crippen LogP contribution in [0.15, 0.2) is 54.1 Å². The average Bonchev–Trinajstić information content (AvgIpc) is 2.93. The molecule has 3 rings (SSSR count). The number of Topliss-reactive ketones (excluding diaryl/α,β-unsaturated/α-hetero) is 1. The minimum Gasteiger partial charge on any atom is -0.507 e. The highest BCUT2D eigenvalue weighted by Gasteiger charge is 2.46. The number of β-amino-alcohol motifs (C(OH)–C–C–N with tert-alkyl or cyclic N) is 1. The molecule has 2 aromatic rings. The van der Waals surface area contributed by atoms with E-state index >= 15 is 0 Å². The largest absolute Gasteiger partial charge is 0.507 e. The summed E-state index contributed by atoms with van der Waals surface area (Å²) in [5, 5.41) is 30.7. The van der Waals surface area contributed by atoms with Gasteiger partial charge in [-0.05, 0) is 18.2 Å². The van der Waals surface area contributed by atoms with Gasteiger partial charge < -0.3 is 15.1 Å². The number of amides is 1. The van der Waals surface area contributed by atoms with Crippen LogP contribution in [0.5, 0.6) is 0 Å². The van der Waals surface area contributed by atoms with Gasteiger partial charge in [0.15, 0.2) is 0 Å². The summed E-state index contributed by atoms with van der Waals surface area (Å²) in [4.78, 5) is 36.1. The van der Waals surface area contributed by atoms with Crippen LogP contribution in [0.3, 0.4) is 0 Å². The molecule has 0 unspecified atom stereocenters. The number of halogens is 1. The van der Waals surface area contributed by atoms with Crippen molar-refractivity contribution in [2.24, 2.45) is 0 Å². The summed E-state index contributed by atoms with van der Waals surface area (Å²) in [5.74, 6) is -3.28. The van der Waals surface area contributed by atoms with E-state index in [1.54, 1.807) is 0 Å². The summed E-state index contributed by atoms with van der Waals surface area (Å²) in [7, 11) is 0. The number of nitro benzene ring substituents is 1. The lowest BCUT2D eigenvalue weighted by atomic mass is 9.95. The molecule has 0 saturated carbocycles. The Morgan fingerprint density at radius 3 is 2.36 bits per heavy atom. The SMILES string of the molecule is O=C1C(=O)N(CCO)[C@H](c2ccccc2F)C1=C(O)c1ccc([N+](=O)[O-])cc1. The second-order valence-corrected chi connectivity index (χ2v) is 6.04.